The Morgan fingerprint density at radius 2 is 2.21 bits per heavy atom. The van der Waals surface area contributed by atoms with Crippen molar-refractivity contribution >= 4 is 11.7 Å². The number of nitrogens with one attached hydrogen (secondary N) is 3. The van der Waals surface area contributed by atoms with Crippen LogP contribution in [0.4, 0.5) is 19.3 Å². The van der Waals surface area contributed by atoms with Crippen LogP contribution in [0.3, 0.4) is 0 Å². The van der Waals surface area contributed by atoms with Gasteiger partial charge in [-0.05, 0) is 31.5 Å². The molecule has 0 aliphatic carbocycles. The number of halogens is 2. The number of anilines is 1. The van der Waals surface area contributed by atoms with Crippen LogP contribution in [0.1, 0.15) is 19.3 Å². The van der Waals surface area contributed by atoms with Crippen LogP contribution in [-0.4, -0.2) is 25.2 Å². The lowest BCUT2D eigenvalue weighted by Gasteiger charge is -2.23. The minimum Gasteiger partial charge on any atom is -0.336 e. The maximum atomic E-state index is 13.3. The average Bonchev–Trinajstić information content (AvgIpc) is 2.41. The van der Waals surface area contributed by atoms with Gasteiger partial charge in [0.1, 0.15) is 11.6 Å². The zero-order valence-electron chi connectivity index (χ0n) is 10.5. The summed E-state index contributed by atoms with van der Waals surface area (Å²) in [5.74, 6) is -1.46. The second-order valence-electron chi connectivity index (χ2n) is 4.61. The van der Waals surface area contributed by atoms with Crippen molar-refractivity contribution in [1.29, 1.82) is 0 Å². The van der Waals surface area contributed by atoms with Crippen molar-refractivity contribution in [2.75, 3.05) is 18.4 Å². The third kappa shape index (κ3) is 4.17. The SMILES string of the molecule is O=C(NCC1CCCCN1)Nc1ccc(F)cc1F. The molecule has 0 spiro atoms. The van der Waals surface area contributed by atoms with E-state index in [1.165, 1.54) is 6.07 Å². The Kier molecular flexibility index (Phi) is 4.68. The summed E-state index contributed by atoms with van der Waals surface area (Å²) in [6.07, 6.45) is 3.32. The number of piperidine rings is 1. The average molecular weight is 269 g/mol. The molecular weight excluding hydrogens is 252 g/mol. The first-order valence-corrected chi connectivity index (χ1v) is 6.38. The number of carbonyl (C=O) groups is 1. The number of hydrogen-bond acceptors (Lipinski definition) is 2. The highest BCUT2D eigenvalue weighted by atomic mass is 19.1. The van der Waals surface area contributed by atoms with Crippen LogP contribution >= 0.6 is 0 Å². The van der Waals surface area contributed by atoms with E-state index >= 15 is 0 Å². The van der Waals surface area contributed by atoms with Crippen LogP contribution in [0.5, 0.6) is 0 Å². The van der Waals surface area contributed by atoms with Gasteiger partial charge < -0.3 is 16.0 Å². The van der Waals surface area contributed by atoms with Crippen molar-refractivity contribution < 1.29 is 13.6 Å². The fourth-order valence-electron chi connectivity index (χ4n) is 2.07. The summed E-state index contributed by atoms with van der Waals surface area (Å²) in [5.41, 5.74) is -0.0319. The number of carbonyl (C=O) groups excluding carboxylic acids is 1. The third-order valence-corrected chi connectivity index (χ3v) is 3.10. The van der Waals surface area contributed by atoms with E-state index in [2.05, 4.69) is 16.0 Å². The predicted octanol–water partition coefficient (Wildman–Crippen LogP) is 2.23. The van der Waals surface area contributed by atoms with Crippen LogP contribution in [0.2, 0.25) is 0 Å². The Hall–Kier alpha value is -1.69. The van der Waals surface area contributed by atoms with Gasteiger partial charge in [-0.1, -0.05) is 6.42 Å². The molecule has 3 N–H and O–H groups in total. The molecule has 1 fully saturated rings. The Labute approximate surface area is 110 Å². The third-order valence-electron chi connectivity index (χ3n) is 3.10. The van der Waals surface area contributed by atoms with E-state index in [-0.39, 0.29) is 11.7 Å². The fraction of sp³-hybridized carbons (Fsp3) is 0.462. The maximum Gasteiger partial charge on any atom is 0.319 e. The minimum absolute atomic E-state index is 0.0319. The molecule has 19 heavy (non-hydrogen) atoms. The molecule has 1 aromatic carbocycles. The molecular formula is C13H17F2N3O. The molecule has 6 heteroatoms. The molecule has 0 aromatic heterocycles. The molecule has 2 amide bonds. The summed E-state index contributed by atoms with van der Waals surface area (Å²) in [7, 11) is 0. The van der Waals surface area contributed by atoms with E-state index in [1.807, 2.05) is 0 Å². The first kappa shape index (κ1) is 13.7. The van der Waals surface area contributed by atoms with Crippen molar-refractivity contribution in [3.05, 3.63) is 29.8 Å². The summed E-state index contributed by atoms with van der Waals surface area (Å²) in [5, 5.41) is 8.32. The van der Waals surface area contributed by atoms with Crippen LogP contribution in [0, 0.1) is 11.6 Å². The molecule has 1 aliphatic rings. The standard InChI is InChI=1S/C13H17F2N3O/c14-9-4-5-12(11(15)7-9)18-13(19)17-8-10-3-1-2-6-16-10/h4-5,7,10,16H,1-3,6,8H2,(H2,17,18,19). The normalized spacial score (nSPS) is 18.9. The van der Waals surface area contributed by atoms with Gasteiger partial charge >= 0.3 is 6.03 Å². The van der Waals surface area contributed by atoms with Gasteiger partial charge in [0.25, 0.3) is 0 Å². The monoisotopic (exact) mass is 269 g/mol. The van der Waals surface area contributed by atoms with Gasteiger partial charge in [0.05, 0.1) is 5.69 Å². The van der Waals surface area contributed by atoms with E-state index in [0.29, 0.717) is 6.54 Å². The summed E-state index contributed by atoms with van der Waals surface area (Å²) in [6, 6.07) is 2.80. The molecule has 0 bridgehead atoms. The van der Waals surface area contributed by atoms with Gasteiger partial charge in [-0.3, -0.25) is 0 Å². The second-order valence-corrected chi connectivity index (χ2v) is 4.61. The van der Waals surface area contributed by atoms with Gasteiger partial charge in [0, 0.05) is 18.7 Å². The first-order chi connectivity index (χ1) is 9.15. The highest BCUT2D eigenvalue weighted by Crippen LogP contribution is 2.14. The summed E-state index contributed by atoms with van der Waals surface area (Å²) < 4.78 is 26.0. The van der Waals surface area contributed by atoms with E-state index < -0.39 is 17.7 Å². The topological polar surface area (TPSA) is 53.2 Å². The van der Waals surface area contributed by atoms with Crippen LogP contribution in [0.15, 0.2) is 18.2 Å². The number of rotatable bonds is 3. The Morgan fingerprint density at radius 3 is 2.89 bits per heavy atom. The van der Waals surface area contributed by atoms with Crippen LogP contribution < -0.4 is 16.0 Å². The van der Waals surface area contributed by atoms with Crippen molar-refractivity contribution in [1.82, 2.24) is 10.6 Å². The van der Waals surface area contributed by atoms with Gasteiger partial charge in [-0.15, -0.1) is 0 Å². The zero-order valence-corrected chi connectivity index (χ0v) is 10.5. The molecule has 1 saturated heterocycles. The van der Waals surface area contributed by atoms with E-state index in [1.54, 1.807) is 0 Å². The molecule has 1 heterocycles. The van der Waals surface area contributed by atoms with Crippen molar-refractivity contribution in [3.8, 4) is 0 Å². The Bertz CT molecular complexity index is 448. The maximum absolute atomic E-state index is 13.3. The quantitative estimate of drug-likeness (QED) is 0.788. The number of hydrogen-bond donors (Lipinski definition) is 3. The molecule has 1 aliphatic heterocycles. The molecule has 2 rings (SSSR count). The van der Waals surface area contributed by atoms with Crippen molar-refractivity contribution in [2.45, 2.75) is 25.3 Å². The molecule has 104 valence electrons. The highest BCUT2D eigenvalue weighted by molar-refractivity contribution is 5.89. The van der Waals surface area contributed by atoms with Gasteiger partial charge in [0.2, 0.25) is 0 Å². The number of urea groups is 1. The van der Waals surface area contributed by atoms with Gasteiger partial charge in [0.15, 0.2) is 0 Å². The lowest BCUT2D eigenvalue weighted by atomic mass is 10.1. The van der Waals surface area contributed by atoms with Crippen molar-refractivity contribution in [2.24, 2.45) is 0 Å². The molecule has 0 saturated carbocycles. The van der Waals surface area contributed by atoms with Crippen LogP contribution in [0.25, 0.3) is 0 Å². The zero-order chi connectivity index (χ0) is 13.7. The smallest absolute Gasteiger partial charge is 0.319 e. The molecule has 0 radical (unpaired) electrons. The summed E-state index contributed by atoms with van der Waals surface area (Å²) >= 11 is 0. The van der Waals surface area contributed by atoms with E-state index in [4.69, 9.17) is 0 Å². The molecule has 4 nitrogen and oxygen atoms in total. The summed E-state index contributed by atoms with van der Waals surface area (Å²) in [4.78, 5) is 11.6. The van der Waals surface area contributed by atoms with E-state index in [9.17, 15) is 13.6 Å². The lowest BCUT2D eigenvalue weighted by Crippen LogP contribution is -2.44. The molecule has 1 atom stereocenters. The Morgan fingerprint density at radius 1 is 1.37 bits per heavy atom. The van der Waals surface area contributed by atoms with Crippen LogP contribution in [-0.2, 0) is 0 Å². The fourth-order valence-corrected chi connectivity index (χ4v) is 2.07. The largest absolute Gasteiger partial charge is 0.336 e. The molecule has 1 aromatic rings. The number of benzene rings is 1. The summed E-state index contributed by atoms with van der Waals surface area (Å²) in [6.45, 7) is 1.45. The van der Waals surface area contributed by atoms with Crippen molar-refractivity contribution in [3.63, 3.8) is 0 Å². The Balaban J connectivity index is 1.80. The van der Waals surface area contributed by atoms with Gasteiger partial charge in [-0.2, -0.15) is 0 Å². The predicted molar refractivity (Wildman–Crippen MR) is 69.0 cm³/mol. The van der Waals surface area contributed by atoms with Gasteiger partial charge in [-0.25, -0.2) is 13.6 Å². The molecule has 1 unspecified atom stereocenters. The second kappa shape index (κ2) is 6.47. The number of amides is 2. The lowest BCUT2D eigenvalue weighted by molar-refractivity contribution is 0.249. The highest BCUT2D eigenvalue weighted by Gasteiger charge is 2.14. The van der Waals surface area contributed by atoms with E-state index in [0.717, 1.165) is 37.9 Å². The first-order valence-electron chi connectivity index (χ1n) is 6.38. The minimum atomic E-state index is -0.786.